The molecule has 0 aliphatic carbocycles. The predicted octanol–water partition coefficient (Wildman–Crippen LogP) is 1.54. The summed E-state index contributed by atoms with van der Waals surface area (Å²) in [5.41, 5.74) is 0.732. The molecule has 1 heterocycles. The maximum atomic E-state index is 11.3. The van der Waals surface area contributed by atoms with Crippen molar-refractivity contribution < 1.29 is 9.90 Å². The summed E-state index contributed by atoms with van der Waals surface area (Å²) in [5.74, 6) is 0.102. The number of rotatable bonds is 3. The SMILES string of the molecule is CCC(=O)c1sc(CO)nc1C. The van der Waals surface area contributed by atoms with Gasteiger partial charge in [0.15, 0.2) is 5.78 Å². The van der Waals surface area contributed by atoms with Crippen LogP contribution in [0.2, 0.25) is 0 Å². The Balaban J connectivity index is 2.99. The standard InChI is InChI=1S/C8H11NO2S/c1-3-6(11)8-5(2)9-7(4-10)12-8/h10H,3-4H2,1-2H3. The van der Waals surface area contributed by atoms with Crippen molar-refractivity contribution in [1.82, 2.24) is 4.98 Å². The number of carbonyl (C=O) groups is 1. The van der Waals surface area contributed by atoms with Gasteiger partial charge in [-0.15, -0.1) is 11.3 Å². The van der Waals surface area contributed by atoms with Crippen LogP contribution < -0.4 is 0 Å². The molecule has 0 saturated carbocycles. The van der Waals surface area contributed by atoms with E-state index in [0.29, 0.717) is 16.3 Å². The fourth-order valence-corrected chi connectivity index (χ4v) is 1.87. The Morgan fingerprint density at radius 3 is 2.75 bits per heavy atom. The van der Waals surface area contributed by atoms with Crippen molar-refractivity contribution >= 4 is 17.1 Å². The molecule has 0 amide bonds. The lowest BCUT2D eigenvalue weighted by Crippen LogP contribution is -1.94. The molecule has 0 saturated heterocycles. The number of hydrogen-bond acceptors (Lipinski definition) is 4. The van der Waals surface area contributed by atoms with Crippen LogP contribution in [0.1, 0.15) is 33.7 Å². The Morgan fingerprint density at radius 1 is 1.67 bits per heavy atom. The summed E-state index contributed by atoms with van der Waals surface area (Å²) in [7, 11) is 0. The molecule has 0 aromatic carbocycles. The molecule has 1 N–H and O–H groups in total. The first-order valence-corrected chi connectivity index (χ1v) is 4.61. The minimum Gasteiger partial charge on any atom is -0.389 e. The first-order valence-electron chi connectivity index (χ1n) is 3.79. The van der Waals surface area contributed by atoms with E-state index in [-0.39, 0.29) is 12.4 Å². The number of ketones is 1. The van der Waals surface area contributed by atoms with Gasteiger partial charge in [-0.05, 0) is 6.92 Å². The van der Waals surface area contributed by atoms with E-state index in [2.05, 4.69) is 4.98 Å². The molecule has 0 spiro atoms. The summed E-state index contributed by atoms with van der Waals surface area (Å²) < 4.78 is 0. The van der Waals surface area contributed by atoms with Gasteiger partial charge in [0.25, 0.3) is 0 Å². The highest BCUT2D eigenvalue weighted by molar-refractivity contribution is 7.13. The third kappa shape index (κ3) is 1.70. The monoisotopic (exact) mass is 185 g/mol. The lowest BCUT2D eigenvalue weighted by molar-refractivity contribution is 0.0991. The number of aryl methyl sites for hydroxylation is 1. The van der Waals surface area contributed by atoms with Gasteiger partial charge in [-0.1, -0.05) is 6.92 Å². The van der Waals surface area contributed by atoms with Gasteiger partial charge in [0.2, 0.25) is 0 Å². The summed E-state index contributed by atoms with van der Waals surface area (Å²) in [6.45, 7) is 3.53. The highest BCUT2D eigenvalue weighted by Gasteiger charge is 2.12. The van der Waals surface area contributed by atoms with E-state index < -0.39 is 0 Å². The van der Waals surface area contributed by atoms with Crippen LogP contribution in [-0.2, 0) is 6.61 Å². The molecule has 0 radical (unpaired) electrons. The maximum Gasteiger partial charge on any atom is 0.174 e. The Morgan fingerprint density at radius 2 is 2.33 bits per heavy atom. The highest BCUT2D eigenvalue weighted by Crippen LogP contribution is 2.19. The van der Waals surface area contributed by atoms with Gasteiger partial charge in [-0.3, -0.25) is 4.79 Å². The van der Waals surface area contributed by atoms with Crippen molar-refractivity contribution in [3.63, 3.8) is 0 Å². The van der Waals surface area contributed by atoms with Crippen molar-refractivity contribution in [3.05, 3.63) is 15.6 Å². The van der Waals surface area contributed by atoms with Gasteiger partial charge < -0.3 is 5.11 Å². The summed E-state index contributed by atoms with van der Waals surface area (Å²) >= 11 is 1.28. The molecule has 1 aromatic rings. The third-order valence-corrected chi connectivity index (χ3v) is 2.73. The van der Waals surface area contributed by atoms with Crippen molar-refractivity contribution in [2.45, 2.75) is 26.9 Å². The van der Waals surface area contributed by atoms with Crippen LogP contribution in [0.5, 0.6) is 0 Å². The normalized spacial score (nSPS) is 10.2. The molecular formula is C8H11NO2S. The first kappa shape index (κ1) is 9.35. The van der Waals surface area contributed by atoms with Gasteiger partial charge in [0, 0.05) is 6.42 Å². The van der Waals surface area contributed by atoms with Gasteiger partial charge in [-0.25, -0.2) is 4.98 Å². The van der Waals surface area contributed by atoms with E-state index in [0.717, 1.165) is 5.69 Å². The third-order valence-electron chi connectivity index (χ3n) is 1.55. The van der Waals surface area contributed by atoms with Crippen molar-refractivity contribution in [2.75, 3.05) is 0 Å². The fourth-order valence-electron chi connectivity index (χ4n) is 0.939. The van der Waals surface area contributed by atoms with E-state index in [1.807, 2.05) is 6.92 Å². The van der Waals surface area contributed by atoms with E-state index in [1.165, 1.54) is 11.3 Å². The van der Waals surface area contributed by atoms with Crippen LogP contribution in [0.3, 0.4) is 0 Å². The number of thiazole rings is 1. The minimum absolute atomic E-state index is 0.0809. The molecule has 12 heavy (non-hydrogen) atoms. The summed E-state index contributed by atoms with van der Waals surface area (Å²) in [5, 5.41) is 9.38. The molecule has 3 nitrogen and oxygen atoms in total. The van der Waals surface area contributed by atoms with Crippen LogP contribution in [0.15, 0.2) is 0 Å². The van der Waals surface area contributed by atoms with Crippen molar-refractivity contribution in [1.29, 1.82) is 0 Å². The van der Waals surface area contributed by atoms with Gasteiger partial charge in [0.05, 0.1) is 17.2 Å². The lowest BCUT2D eigenvalue weighted by Gasteiger charge is -1.90. The molecule has 0 aliphatic rings. The molecule has 1 aromatic heterocycles. The average Bonchev–Trinajstić information content (AvgIpc) is 2.45. The summed E-state index contributed by atoms with van der Waals surface area (Å²) in [6.07, 6.45) is 0.494. The number of nitrogens with zero attached hydrogens (tertiary/aromatic N) is 1. The Kier molecular flexibility index (Phi) is 2.94. The Bertz CT molecular complexity index is 293. The van der Waals surface area contributed by atoms with Crippen LogP contribution in [0.4, 0.5) is 0 Å². The van der Waals surface area contributed by atoms with Crippen LogP contribution in [0.25, 0.3) is 0 Å². The molecule has 0 unspecified atom stereocenters. The molecule has 0 fully saturated rings. The first-order chi connectivity index (χ1) is 5.69. The second-order valence-corrected chi connectivity index (χ2v) is 3.54. The molecular weight excluding hydrogens is 174 g/mol. The predicted molar refractivity (Wildman–Crippen MR) is 47.4 cm³/mol. The molecule has 0 atom stereocenters. The highest BCUT2D eigenvalue weighted by atomic mass is 32.1. The summed E-state index contributed by atoms with van der Waals surface area (Å²) in [4.78, 5) is 16.0. The van der Waals surface area contributed by atoms with Gasteiger partial charge in [-0.2, -0.15) is 0 Å². The smallest absolute Gasteiger partial charge is 0.174 e. The van der Waals surface area contributed by atoms with Crippen molar-refractivity contribution in [2.24, 2.45) is 0 Å². The Labute approximate surface area is 75.1 Å². The topological polar surface area (TPSA) is 50.2 Å². The van der Waals surface area contributed by atoms with E-state index in [1.54, 1.807) is 6.92 Å². The zero-order valence-corrected chi connectivity index (χ0v) is 7.94. The van der Waals surface area contributed by atoms with E-state index >= 15 is 0 Å². The molecule has 66 valence electrons. The Hall–Kier alpha value is -0.740. The number of aliphatic hydroxyl groups is 1. The number of aromatic nitrogens is 1. The van der Waals surface area contributed by atoms with Crippen LogP contribution in [-0.4, -0.2) is 15.9 Å². The van der Waals surface area contributed by atoms with E-state index in [9.17, 15) is 4.79 Å². The molecule has 1 rings (SSSR count). The van der Waals surface area contributed by atoms with Gasteiger partial charge in [0.1, 0.15) is 5.01 Å². The number of hydrogen-bond donors (Lipinski definition) is 1. The van der Waals surface area contributed by atoms with Gasteiger partial charge >= 0.3 is 0 Å². The summed E-state index contributed by atoms with van der Waals surface area (Å²) in [6, 6.07) is 0. The minimum atomic E-state index is -0.0809. The second kappa shape index (κ2) is 3.78. The maximum absolute atomic E-state index is 11.3. The van der Waals surface area contributed by atoms with Crippen LogP contribution in [0, 0.1) is 6.92 Å². The van der Waals surface area contributed by atoms with Crippen molar-refractivity contribution in [3.8, 4) is 0 Å². The quantitative estimate of drug-likeness (QED) is 0.727. The molecule has 0 bridgehead atoms. The average molecular weight is 185 g/mol. The molecule has 0 aliphatic heterocycles. The second-order valence-electron chi connectivity index (χ2n) is 2.46. The number of aliphatic hydroxyl groups excluding tert-OH is 1. The lowest BCUT2D eigenvalue weighted by atomic mass is 10.2. The number of carbonyl (C=O) groups excluding carboxylic acids is 1. The van der Waals surface area contributed by atoms with Crippen LogP contribution >= 0.6 is 11.3 Å². The number of Topliss-reactive ketones (excluding diaryl/α,β-unsaturated/α-hetero) is 1. The zero-order chi connectivity index (χ0) is 9.14. The zero-order valence-electron chi connectivity index (χ0n) is 7.13. The fraction of sp³-hybridized carbons (Fsp3) is 0.500. The van der Waals surface area contributed by atoms with E-state index in [4.69, 9.17) is 5.11 Å². The largest absolute Gasteiger partial charge is 0.389 e. The molecule has 4 heteroatoms.